The Bertz CT molecular complexity index is 1280. The van der Waals surface area contributed by atoms with Crippen LogP contribution in [-0.2, 0) is 9.59 Å². The van der Waals surface area contributed by atoms with Gasteiger partial charge in [0.2, 0.25) is 0 Å². The van der Waals surface area contributed by atoms with Crippen molar-refractivity contribution in [3.63, 3.8) is 0 Å². The minimum Gasteiger partial charge on any atom is -0.318 e. The van der Waals surface area contributed by atoms with E-state index in [1.54, 1.807) is 18.2 Å². The highest BCUT2D eigenvalue weighted by Crippen LogP contribution is 2.27. The second kappa shape index (κ2) is 8.38. The summed E-state index contributed by atoms with van der Waals surface area (Å²) in [5.41, 5.74) is 5.81. The van der Waals surface area contributed by atoms with Crippen molar-refractivity contribution in [2.24, 2.45) is 0 Å². The lowest BCUT2D eigenvalue weighted by atomic mass is 10.1. The molecular formula is C25H22IN3O3. The second-order valence-corrected chi connectivity index (χ2v) is 9.19. The summed E-state index contributed by atoms with van der Waals surface area (Å²) in [5.74, 6) is -1.33. The molecular weight excluding hydrogens is 517 g/mol. The van der Waals surface area contributed by atoms with Gasteiger partial charge in [-0.15, -0.1) is 0 Å². The summed E-state index contributed by atoms with van der Waals surface area (Å²) in [4.78, 5) is 39.4. The summed E-state index contributed by atoms with van der Waals surface area (Å²) in [5, 5.41) is 2.30. The van der Waals surface area contributed by atoms with Gasteiger partial charge in [0.05, 0.1) is 5.69 Å². The van der Waals surface area contributed by atoms with Crippen LogP contribution >= 0.6 is 22.6 Å². The van der Waals surface area contributed by atoms with Gasteiger partial charge in [-0.25, -0.2) is 9.69 Å². The highest BCUT2D eigenvalue weighted by Gasteiger charge is 2.37. The lowest BCUT2D eigenvalue weighted by Crippen LogP contribution is -2.54. The van der Waals surface area contributed by atoms with E-state index in [0.717, 1.165) is 42.2 Å². The van der Waals surface area contributed by atoms with Gasteiger partial charge in [0.1, 0.15) is 5.57 Å². The molecule has 2 heterocycles. The molecule has 0 aliphatic carbocycles. The van der Waals surface area contributed by atoms with Gasteiger partial charge in [-0.3, -0.25) is 14.9 Å². The second-order valence-electron chi connectivity index (χ2n) is 7.94. The summed E-state index contributed by atoms with van der Waals surface area (Å²) in [6.45, 7) is 7.70. The zero-order valence-corrected chi connectivity index (χ0v) is 20.4. The molecule has 1 saturated heterocycles. The first-order chi connectivity index (χ1) is 15.2. The Labute approximate surface area is 200 Å². The average Bonchev–Trinajstić information content (AvgIpc) is 2.98. The number of rotatable bonds is 3. The number of imide groups is 2. The number of aryl methyl sites for hydroxylation is 3. The van der Waals surface area contributed by atoms with Gasteiger partial charge in [-0.05, 0) is 116 Å². The van der Waals surface area contributed by atoms with Gasteiger partial charge < -0.3 is 4.57 Å². The summed E-state index contributed by atoms with van der Waals surface area (Å²) in [6, 6.07) is 14.7. The predicted molar refractivity (Wildman–Crippen MR) is 133 cm³/mol. The number of benzene rings is 2. The topological polar surface area (TPSA) is 71.4 Å². The molecule has 1 aliphatic heterocycles. The smallest absolute Gasteiger partial charge is 0.318 e. The number of anilines is 1. The fourth-order valence-electron chi connectivity index (χ4n) is 4.05. The van der Waals surface area contributed by atoms with Crippen molar-refractivity contribution < 1.29 is 14.4 Å². The molecule has 4 rings (SSSR count). The fourth-order valence-corrected chi connectivity index (χ4v) is 4.41. The molecule has 32 heavy (non-hydrogen) atoms. The minimum absolute atomic E-state index is 0.0772. The lowest BCUT2D eigenvalue weighted by molar-refractivity contribution is -0.122. The number of hydrogen-bond donors (Lipinski definition) is 1. The zero-order valence-electron chi connectivity index (χ0n) is 18.2. The largest absolute Gasteiger partial charge is 0.335 e. The molecule has 1 fully saturated rings. The van der Waals surface area contributed by atoms with E-state index in [1.807, 2.05) is 64.1 Å². The Kier molecular flexibility index (Phi) is 5.77. The van der Waals surface area contributed by atoms with Crippen LogP contribution in [0, 0.1) is 31.3 Å². The van der Waals surface area contributed by atoms with E-state index in [1.165, 1.54) is 0 Å². The maximum atomic E-state index is 13.3. The van der Waals surface area contributed by atoms with E-state index in [0.29, 0.717) is 5.69 Å². The minimum atomic E-state index is -0.744. The first-order valence-electron chi connectivity index (χ1n) is 10.1. The van der Waals surface area contributed by atoms with Crippen molar-refractivity contribution in [3.8, 4) is 5.69 Å². The Morgan fingerprint density at radius 2 is 1.47 bits per heavy atom. The fraction of sp³-hybridized carbons (Fsp3) is 0.160. The van der Waals surface area contributed by atoms with Crippen LogP contribution in [0.2, 0.25) is 0 Å². The first kappa shape index (κ1) is 22.0. The molecule has 162 valence electrons. The van der Waals surface area contributed by atoms with Crippen LogP contribution < -0.4 is 10.2 Å². The summed E-state index contributed by atoms with van der Waals surface area (Å²) < 4.78 is 3.21. The number of nitrogens with one attached hydrogen (secondary N) is 1. The van der Waals surface area contributed by atoms with Crippen LogP contribution in [0.3, 0.4) is 0 Å². The van der Waals surface area contributed by atoms with Gasteiger partial charge in [0.15, 0.2) is 0 Å². The molecule has 6 nitrogen and oxygen atoms in total. The third kappa shape index (κ3) is 4.00. The monoisotopic (exact) mass is 539 g/mol. The number of hydrogen-bond acceptors (Lipinski definition) is 3. The van der Waals surface area contributed by atoms with Crippen molar-refractivity contribution >= 4 is 52.2 Å². The Morgan fingerprint density at radius 3 is 2.09 bits per heavy atom. The van der Waals surface area contributed by atoms with Crippen LogP contribution in [0.25, 0.3) is 11.8 Å². The molecule has 0 spiro atoms. The van der Waals surface area contributed by atoms with Crippen LogP contribution in [0.15, 0.2) is 54.1 Å². The maximum absolute atomic E-state index is 13.3. The lowest BCUT2D eigenvalue weighted by Gasteiger charge is -2.27. The molecule has 0 radical (unpaired) electrons. The number of carbonyl (C=O) groups is 3. The molecule has 0 unspecified atom stereocenters. The first-order valence-corrected chi connectivity index (χ1v) is 11.2. The predicted octanol–water partition coefficient (Wildman–Crippen LogP) is 4.98. The molecule has 3 aromatic rings. The van der Waals surface area contributed by atoms with Gasteiger partial charge in [-0.1, -0.05) is 6.07 Å². The molecule has 4 amide bonds. The Balaban J connectivity index is 1.77. The number of amides is 4. The van der Waals surface area contributed by atoms with Crippen LogP contribution in [0.1, 0.15) is 28.1 Å². The molecule has 7 heteroatoms. The number of barbiturate groups is 1. The summed E-state index contributed by atoms with van der Waals surface area (Å²) in [6.07, 6.45) is 1.56. The normalized spacial score (nSPS) is 15.5. The number of nitrogens with zero attached hydrogens (tertiary/aromatic N) is 2. The van der Waals surface area contributed by atoms with Gasteiger partial charge in [0, 0.05) is 20.6 Å². The van der Waals surface area contributed by atoms with E-state index < -0.39 is 17.8 Å². The SMILES string of the molecule is Cc1cc(C)cc(N2C(=O)NC(=O)C(=Cc3cc(C)n(-c4ccc(I)cc4)c3C)C2=O)c1. The van der Waals surface area contributed by atoms with E-state index in [2.05, 4.69) is 32.5 Å². The van der Waals surface area contributed by atoms with Crippen LogP contribution in [0.5, 0.6) is 0 Å². The summed E-state index contributed by atoms with van der Waals surface area (Å²) in [7, 11) is 0. The van der Waals surface area contributed by atoms with E-state index >= 15 is 0 Å². The number of carbonyl (C=O) groups excluding carboxylic acids is 3. The van der Waals surface area contributed by atoms with Crippen molar-refractivity contribution in [2.45, 2.75) is 27.7 Å². The molecule has 2 aromatic carbocycles. The van der Waals surface area contributed by atoms with E-state index in [9.17, 15) is 14.4 Å². The van der Waals surface area contributed by atoms with Crippen LogP contribution in [-0.4, -0.2) is 22.4 Å². The van der Waals surface area contributed by atoms with Crippen molar-refractivity contribution in [1.29, 1.82) is 0 Å². The van der Waals surface area contributed by atoms with E-state index in [4.69, 9.17) is 0 Å². The van der Waals surface area contributed by atoms with E-state index in [-0.39, 0.29) is 5.57 Å². The van der Waals surface area contributed by atoms with Crippen molar-refractivity contribution in [1.82, 2.24) is 9.88 Å². The number of halogens is 1. The molecule has 1 aromatic heterocycles. The third-order valence-corrected chi connectivity index (χ3v) is 6.14. The molecule has 1 N–H and O–H groups in total. The number of urea groups is 1. The van der Waals surface area contributed by atoms with Crippen molar-refractivity contribution in [2.75, 3.05) is 4.90 Å². The van der Waals surface area contributed by atoms with Gasteiger partial charge >= 0.3 is 6.03 Å². The summed E-state index contributed by atoms with van der Waals surface area (Å²) >= 11 is 2.26. The Hall–Kier alpha value is -3.20. The zero-order chi connectivity index (χ0) is 23.2. The average molecular weight is 539 g/mol. The van der Waals surface area contributed by atoms with Crippen LogP contribution in [0.4, 0.5) is 10.5 Å². The Morgan fingerprint density at radius 1 is 0.844 bits per heavy atom. The standard InChI is InChI=1S/C25H22IN3O3/c1-14-9-15(2)11-21(10-14)29-24(31)22(23(30)27-25(29)32)13-18-12-16(3)28(17(18)4)20-7-5-19(26)6-8-20/h5-13H,1-4H3,(H,27,30,32). The highest BCUT2D eigenvalue weighted by atomic mass is 127. The maximum Gasteiger partial charge on any atom is 0.335 e. The van der Waals surface area contributed by atoms with Crippen molar-refractivity contribution in [3.05, 3.63) is 85.8 Å². The molecule has 1 aliphatic rings. The molecule has 0 atom stereocenters. The van der Waals surface area contributed by atoms with Gasteiger partial charge in [0.25, 0.3) is 11.8 Å². The quantitative estimate of drug-likeness (QED) is 0.290. The third-order valence-electron chi connectivity index (χ3n) is 5.42. The molecule has 0 saturated carbocycles. The number of aromatic nitrogens is 1. The highest BCUT2D eigenvalue weighted by molar-refractivity contribution is 14.1. The molecule has 0 bridgehead atoms. The van der Waals surface area contributed by atoms with Gasteiger partial charge in [-0.2, -0.15) is 0 Å².